The largest absolute Gasteiger partial charge is 0.383 e. The van der Waals surface area contributed by atoms with Gasteiger partial charge in [-0.3, -0.25) is 14.3 Å². The number of aromatic nitrogens is 4. The first-order valence-electron chi connectivity index (χ1n) is 10.9. The van der Waals surface area contributed by atoms with Crippen molar-refractivity contribution in [3.8, 4) is 5.69 Å². The van der Waals surface area contributed by atoms with E-state index < -0.39 is 0 Å². The molecule has 0 aliphatic heterocycles. The van der Waals surface area contributed by atoms with E-state index in [1.807, 2.05) is 50.4 Å². The number of rotatable bonds is 10. The molecule has 0 unspecified atom stereocenters. The lowest BCUT2D eigenvalue weighted by Crippen LogP contribution is -2.20. The number of carbonyl (C=O) groups is 1. The molecular formula is C24H32FN5O2S. The van der Waals surface area contributed by atoms with Gasteiger partial charge in [0.05, 0.1) is 24.4 Å². The molecule has 0 fully saturated rings. The van der Waals surface area contributed by atoms with Crippen LogP contribution < -0.4 is 0 Å². The summed E-state index contributed by atoms with van der Waals surface area (Å²) >= 11 is 1.34. The predicted octanol–water partition coefficient (Wildman–Crippen LogP) is 4.63. The van der Waals surface area contributed by atoms with Crippen LogP contribution in [0.2, 0.25) is 0 Å². The van der Waals surface area contributed by atoms with Crippen molar-refractivity contribution in [2.45, 2.75) is 44.9 Å². The van der Waals surface area contributed by atoms with Crippen LogP contribution in [0.1, 0.15) is 53.5 Å². The normalized spacial score (nSPS) is 13.5. The maximum absolute atomic E-state index is 13.5. The molecule has 2 atom stereocenters. The summed E-state index contributed by atoms with van der Waals surface area (Å²) in [4.78, 5) is 15.2. The maximum atomic E-state index is 13.5. The Labute approximate surface area is 198 Å². The fraction of sp³-hybridized carbons (Fsp3) is 0.458. The third-order valence-corrected chi connectivity index (χ3v) is 6.79. The standard InChI is InChI=1S/C24H32FN5O2S/c1-15-12-21(17(3)29(15)16(2)13-32-7)22(31)14-33-24-27-26-23(18(4)28(5)6)30(24)20-10-8-19(25)9-11-20/h8-12,16,18H,13-14H2,1-7H3/t16-,18+/m1/s1. The van der Waals surface area contributed by atoms with Crippen molar-refractivity contribution in [3.63, 3.8) is 0 Å². The van der Waals surface area contributed by atoms with Gasteiger partial charge in [-0.1, -0.05) is 11.8 Å². The van der Waals surface area contributed by atoms with Crippen LogP contribution in [0.3, 0.4) is 0 Å². The number of halogens is 1. The van der Waals surface area contributed by atoms with Gasteiger partial charge in [0.1, 0.15) is 5.82 Å². The molecule has 0 N–H and O–H groups in total. The first-order valence-corrected chi connectivity index (χ1v) is 11.8. The smallest absolute Gasteiger partial charge is 0.196 e. The van der Waals surface area contributed by atoms with Gasteiger partial charge >= 0.3 is 0 Å². The molecule has 3 aromatic rings. The Kier molecular flexibility index (Phi) is 8.10. The highest BCUT2D eigenvalue weighted by Gasteiger charge is 2.23. The number of Topliss-reactive ketones (excluding diaryl/α,β-unsaturated/α-hetero) is 1. The second-order valence-corrected chi connectivity index (χ2v) is 9.41. The molecule has 178 valence electrons. The van der Waals surface area contributed by atoms with Gasteiger partial charge in [0.2, 0.25) is 0 Å². The number of hydrogen-bond acceptors (Lipinski definition) is 6. The molecule has 0 spiro atoms. The van der Waals surface area contributed by atoms with Crippen LogP contribution >= 0.6 is 11.8 Å². The zero-order valence-corrected chi connectivity index (χ0v) is 21.1. The van der Waals surface area contributed by atoms with Crippen LogP contribution in [0.15, 0.2) is 35.5 Å². The molecule has 0 aliphatic rings. The summed E-state index contributed by atoms with van der Waals surface area (Å²) in [5.74, 6) is 0.669. The van der Waals surface area contributed by atoms with E-state index in [1.165, 1.54) is 23.9 Å². The third-order valence-electron chi connectivity index (χ3n) is 5.86. The van der Waals surface area contributed by atoms with Gasteiger partial charge < -0.3 is 9.30 Å². The zero-order valence-electron chi connectivity index (χ0n) is 20.3. The molecule has 33 heavy (non-hydrogen) atoms. The average molecular weight is 474 g/mol. The fourth-order valence-electron chi connectivity index (χ4n) is 3.97. The molecular weight excluding hydrogens is 441 g/mol. The lowest BCUT2D eigenvalue weighted by Gasteiger charge is -2.20. The number of benzene rings is 1. The first-order chi connectivity index (χ1) is 15.6. The molecule has 2 aromatic heterocycles. The molecule has 3 rings (SSSR count). The van der Waals surface area contributed by atoms with Crippen molar-refractivity contribution >= 4 is 17.5 Å². The van der Waals surface area contributed by atoms with Gasteiger partial charge in [-0.25, -0.2) is 4.39 Å². The summed E-state index contributed by atoms with van der Waals surface area (Å²) in [5.41, 5.74) is 3.43. The van der Waals surface area contributed by atoms with Crippen molar-refractivity contribution in [1.82, 2.24) is 24.2 Å². The number of ether oxygens (including phenoxy) is 1. The summed E-state index contributed by atoms with van der Waals surface area (Å²) in [7, 11) is 5.60. The molecule has 0 bridgehead atoms. The Morgan fingerprint density at radius 1 is 1.18 bits per heavy atom. The lowest BCUT2D eigenvalue weighted by molar-refractivity contribution is 0.102. The molecule has 0 saturated carbocycles. The Morgan fingerprint density at radius 2 is 1.85 bits per heavy atom. The Balaban J connectivity index is 1.88. The van der Waals surface area contributed by atoms with Crippen LogP contribution in [0.25, 0.3) is 5.69 Å². The molecule has 1 aromatic carbocycles. The highest BCUT2D eigenvalue weighted by atomic mass is 32.2. The molecule has 0 saturated heterocycles. The van der Waals surface area contributed by atoms with E-state index in [1.54, 1.807) is 19.2 Å². The van der Waals surface area contributed by atoms with Crippen molar-refractivity contribution in [2.24, 2.45) is 0 Å². The van der Waals surface area contributed by atoms with E-state index in [4.69, 9.17) is 4.74 Å². The average Bonchev–Trinajstić information content (AvgIpc) is 3.32. The van der Waals surface area contributed by atoms with Crippen molar-refractivity contribution < 1.29 is 13.9 Å². The van der Waals surface area contributed by atoms with Gasteiger partial charge in [0.15, 0.2) is 16.8 Å². The van der Waals surface area contributed by atoms with Gasteiger partial charge in [-0.15, -0.1) is 10.2 Å². The van der Waals surface area contributed by atoms with Crippen LogP contribution in [0.5, 0.6) is 0 Å². The lowest BCUT2D eigenvalue weighted by atomic mass is 10.2. The molecule has 9 heteroatoms. The first kappa shape index (κ1) is 25.1. The van der Waals surface area contributed by atoms with Crippen LogP contribution in [0.4, 0.5) is 4.39 Å². The van der Waals surface area contributed by atoms with E-state index >= 15 is 0 Å². The van der Waals surface area contributed by atoms with Crippen molar-refractivity contribution in [1.29, 1.82) is 0 Å². The maximum Gasteiger partial charge on any atom is 0.196 e. The highest BCUT2D eigenvalue weighted by molar-refractivity contribution is 7.99. The van der Waals surface area contributed by atoms with Gasteiger partial charge in [0, 0.05) is 29.7 Å². The minimum Gasteiger partial charge on any atom is -0.383 e. The summed E-state index contributed by atoms with van der Waals surface area (Å²) in [6.45, 7) is 8.65. The monoisotopic (exact) mass is 473 g/mol. The van der Waals surface area contributed by atoms with Crippen LogP contribution in [-0.4, -0.2) is 63.6 Å². The molecule has 2 heterocycles. The number of methoxy groups -OCH3 is 1. The topological polar surface area (TPSA) is 65.2 Å². The fourth-order valence-corrected chi connectivity index (χ4v) is 4.81. The summed E-state index contributed by atoms with van der Waals surface area (Å²) in [5, 5.41) is 9.35. The molecule has 7 nitrogen and oxygen atoms in total. The minimum absolute atomic E-state index is 0.0196. The van der Waals surface area contributed by atoms with Crippen molar-refractivity contribution in [3.05, 3.63) is 58.9 Å². The van der Waals surface area contributed by atoms with E-state index in [0.717, 1.165) is 22.9 Å². The number of carbonyl (C=O) groups excluding carboxylic acids is 1. The summed E-state index contributed by atoms with van der Waals surface area (Å²) < 4.78 is 22.8. The van der Waals surface area contributed by atoms with Gasteiger partial charge in [-0.2, -0.15) is 0 Å². The van der Waals surface area contributed by atoms with Crippen molar-refractivity contribution in [2.75, 3.05) is 33.6 Å². The number of hydrogen-bond donors (Lipinski definition) is 0. The second-order valence-electron chi connectivity index (χ2n) is 8.46. The summed E-state index contributed by atoms with van der Waals surface area (Å²) in [6, 6.07) is 8.27. The number of ketones is 1. The zero-order chi connectivity index (χ0) is 24.3. The SMILES string of the molecule is COC[C@@H](C)n1c(C)cc(C(=O)CSc2nnc([C@H](C)N(C)C)n2-c2ccc(F)cc2)c1C. The van der Waals surface area contributed by atoms with E-state index in [2.05, 4.69) is 21.7 Å². The minimum atomic E-state index is -0.309. The Bertz CT molecular complexity index is 1110. The van der Waals surface area contributed by atoms with E-state index in [-0.39, 0.29) is 29.4 Å². The summed E-state index contributed by atoms with van der Waals surface area (Å²) in [6.07, 6.45) is 0. The van der Waals surface area contributed by atoms with Crippen LogP contribution in [-0.2, 0) is 4.74 Å². The highest BCUT2D eigenvalue weighted by Crippen LogP contribution is 2.28. The third kappa shape index (κ3) is 5.37. The van der Waals surface area contributed by atoms with Crippen LogP contribution in [0, 0.1) is 19.7 Å². The Morgan fingerprint density at radius 3 is 2.45 bits per heavy atom. The number of thioether (sulfide) groups is 1. The Hall–Kier alpha value is -2.49. The van der Waals surface area contributed by atoms with E-state index in [0.29, 0.717) is 17.3 Å². The van der Waals surface area contributed by atoms with Gasteiger partial charge in [0.25, 0.3) is 0 Å². The van der Waals surface area contributed by atoms with Gasteiger partial charge in [-0.05, 0) is 72.1 Å². The predicted molar refractivity (Wildman–Crippen MR) is 129 cm³/mol. The number of nitrogens with zero attached hydrogens (tertiary/aromatic N) is 5. The quantitative estimate of drug-likeness (QED) is 0.316. The number of aryl methyl sites for hydroxylation is 1. The second kappa shape index (κ2) is 10.6. The molecule has 0 amide bonds. The van der Waals surface area contributed by atoms with E-state index in [9.17, 15) is 9.18 Å². The molecule has 0 aliphatic carbocycles. The molecule has 0 radical (unpaired) electrons.